The predicted octanol–water partition coefficient (Wildman–Crippen LogP) is 1.89. The zero-order valence-electron chi connectivity index (χ0n) is 9.67. The van der Waals surface area contributed by atoms with Crippen molar-refractivity contribution in [2.45, 2.75) is 6.92 Å². The van der Waals surface area contributed by atoms with E-state index in [1.165, 1.54) is 0 Å². The van der Waals surface area contributed by atoms with Gasteiger partial charge in [0, 0.05) is 6.54 Å². The number of nitrogens with two attached hydrogens (primary N) is 1. The number of nitrogen functional groups attached to an aromatic ring is 1. The molecule has 3 N–H and O–H groups in total. The van der Waals surface area contributed by atoms with E-state index in [9.17, 15) is 0 Å². The Labute approximate surface area is 102 Å². The molecule has 0 aliphatic heterocycles. The van der Waals surface area contributed by atoms with Crippen molar-refractivity contribution in [1.82, 2.24) is 15.0 Å². The molecule has 0 aliphatic carbocycles. The maximum atomic E-state index is 5.81. The molecule has 0 spiro atoms. The third-order valence-corrected chi connectivity index (χ3v) is 2.35. The molecule has 7 heteroatoms. The van der Waals surface area contributed by atoms with Crippen molar-refractivity contribution in [3.05, 3.63) is 18.4 Å². The van der Waals surface area contributed by atoms with E-state index in [1.807, 2.05) is 6.92 Å². The van der Waals surface area contributed by atoms with E-state index in [0.29, 0.717) is 35.4 Å². The molecule has 0 amide bonds. The summed E-state index contributed by atoms with van der Waals surface area (Å²) in [5.74, 6) is 1.56. The molecule has 0 unspecified atom stereocenters. The molecule has 18 heavy (non-hydrogen) atoms. The quantitative estimate of drug-likeness (QED) is 0.726. The van der Waals surface area contributed by atoms with Crippen molar-refractivity contribution >= 4 is 23.0 Å². The molecular weight excluding hydrogens is 234 g/mol. The Morgan fingerprint density at radius 1 is 1.33 bits per heavy atom. The van der Waals surface area contributed by atoms with E-state index in [-0.39, 0.29) is 5.82 Å². The molecule has 3 heterocycles. The molecule has 0 aliphatic rings. The lowest BCUT2D eigenvalue weighted by Gasteiger charge is -2.00. The standard InChI is InChI=1S/C11H11N5O2/c1-2-13-11-15-8(12)7-10(16-11)18-9(14-7)6-4-3-5-17-6/h3-5H,2H2,1H3,(H3,12,13,15,16). The molecule has 92 valence electrons. The molecule has 0 aromatic carbocycles. The van der Waals surface area contributed by atoms with Crippen molar-refractivity contribution < 1.29 is 8.83 Å². The third kappa shape index (κ3) is 1.65. The average Bonchev–Trinajstić information content (AvgIpc) is 2.97. The number of nitrogens with zero attached hydrogens (tertiary/aromatic N) is 3. The van der Waals surface area contributed by atoms with Crippen LogP contribution < -0.4 is 11.1 Å². The van der Waals surface area contributed by atoms with Crippen LogP contribution in [0.15, 0.2) is 27.2 Å². The van der Waals surface area contributed by atoms with Gasteiger partial charge in [-0.15, -0.1) is 0 Å². The summed E-state index contributed by atoms with van der Waals surface area (Å²) >= 11 is 0. The van der Waals surface area contributed by atoms with Gasteiger partial charge in [-0.2, -0.15) is 9.97 Å². The van der Waals surface area contributed by atoms with Crippen LogP contribution in [0.4, 0.5) is 11.8 Å². The predicted molar refractivity (Wildman–Crippen MR) is 65.9 cm³/mol. The minimum absolute atomic E-state index is 0.275. The highest BCUT2D eigenvalue weighted by Gasteiger charge is 2.15. The molecule has 3 aromatic heterocycles. The molecule has 0 saturated heterocycles. The average molecular weight is 245 g/mol. The summed E-state index contributed by atoms with van der Waals surface area (Å²) in [6, 6.07) is 3.50. The molecule has 0 bridgehead atoms. The fraction of sp³-hybridized carbons (Fsp3) is 0.182. The molecule has 0 saturated carbocycles. The Morgan fingerprint density at radius 3 is 2.94 bits per heavy atom. The van der Waals surface area contributed by atoms with Gasteiger partial charge in [0.1, 0.15) is 0 Å². The number of anilines is 2. The minimum Gasteiger partial charge on any atom is -0.459 e. The zero-order chi connectivity index (χ0) is 12.5. The van der Waals surface area contributed by atoms with Crippen LogP contribution in [-0.2, 0) is 0 Å². The number of aromatic nitrogens is 3. The van der Waals surface area contributed by atoms with E-state index in [2.05, 4.69) is 20.3 Å². The van der Waals surface area contributed by atoms with Crippen LogP contribution in [-0.4, -0.2) is 21.5 Å². The first kappa shape index (κ1) is 10.6. The summed E-state index contributed by atoms with van der Waals surface area (Å²) in [7, 11) is 0. The van der Waals surface area contributed by atoms with Gasteiger partial charge in [0.05, 0.1) is 6.26 Å². The zero-order valence-corrected chi connectivity index (χ0v) is 9.67. The van der Waals surface area contributed by atoms with E-state index >= 15 is 0 Å². The van der Waals surface area contributed by atoms with Gasteiger partial charge in [0.25, 0.3) is 11.6 Å². The van der Waals surface area contributed by atoms with Gasteiger partial charge in [-0.05, 0) is 19.1 Å². The van der Waals surface area contributed by atoms with Crippen molar-refractivity contribution in [2.24, 2.45) is 0 Å². The van der Waals surface area contributed by atoms with Crippen LogP contribution in [0.3, 0.4) is 0 Å². The number of nitrogens with one attached hydrogen (secondary N) is 1. The molecule has 7 nitrogen and oxygen atoms in total. The van der Waals surface area contributed by atoms with Crippen molar-refractivity contribution in [2.75, 3.05) is 17.6 Å². The van der Waals surface area contributed by atoms with Gasteiger partial charge in [0.2, 0.25) is 5.95 Å². The lowest BCUT2D eigenvalue weighted by Crippen LogP contribution is -2.04. The smallest absolute Gasteiger partial charge is 0.265 e. The maximum Gasteiger partial charge on any atom is 0.265 e. The van der Waals surface area contributed by atoms with Crippen LogP contribution in [0.5, 0.6) is 0 Å². The van der Waals surface area contributed by atoms with Crippen LogP contribution >= 0.6 is 0 Å². The van der Waals surface area contributed by atoms with Crippen molar-refractivity contribution in [1.29, 1.82) is 0 Å². The molecule has 3 rings (SSSR count). The Hall–Kier alpha value is -2.57. The first-order chi connectivity index (χ1) is 8.78. The summed E-state index contributed by atoms with van der Waals surface area (Å²) in [4.78, 5) is 12.5. The summed E-state index contributed by atoms with van der Waals surface area (Å²) in [6.45, 7) is 2.64. The lowest BCUT2D eigenvalue weighted by molar-refractivity contribution is 0.531. The van der Waals surface area contributed by atoms with Crippen LogP contribution in [0.1, 0.15) is 6.92 Å². The molecule has 3 aromatic rings. The van der Waals surface area contributed by atoms with E-state index in [0.717, 1.165) is 0 Å². The van der Waals surface area contributed by atoms with Crippen molar-refractivity contribution in [3.63, 3.8) is 0 Å². The maximum absolute atomic E-state index is 5.81. The SMILES string of the molecule is CCNc1nc(N)c2nc(-c3ccco3)oc2n1. The second-order valence-corrected chi connectivity index (χ2v) is 3.61. The third-order valence-electron chi connectivity index (χ3n) is 2.35. The second kappa shape index (κ2) is 4.02. The van der Waals surface area contributed by atoms with E-state index < -0.39 is 0 Å². The molecule has 0 fully saturated rings. The van der Waals surface area contributed by atoms with Gasteiger partial charge in [-0.1, -0.05) is 0 Å². The second-order valence-electron chi connectivity index (χ2n) is 3.61. The lowest BCUT2D eigenvalue weighted by atomic mass is 10.4. The highest BCUT2D eigenvalue weighted by Crippen LogP contribution is 2.26. The Kier molecular flexibility index (Phi) is 2.36. The number of hydrogen-bond donors (Lipinski definition) is 2. The minimum atomic E-state index is 0.275. The Bertz CT molecular complexity index is 674. The summed E-state index contributed by atoms with van der Waals surface area (Å²) in [6.07, 6.45) is 1.54. The summed E-state index contributed by atoms with van der Waals surface area (Å²) in [5, 5.41) is 2.97. The fourth-order valence-electron chi connectivity index (χ4n) is 1.59. The largest absolute Gasteiger partial charge is 0.459 e. The normalized spacial score (nSPS) is 10.9. The highest BCUT2D eigenvalue weighted by molar-refractivity contribution is 5.82. The van der Waals surface area contributed by atoms with Gasteiger partial charge < -0.3 is 19.9 Å². The number of oxazole rings is 1. The van der Waals surface area contributed by atoms with Gasteiger partial charge in [-0.25, -0.2) is 4.98 Å². The Balaban J connectivity index is 2.14. The van der Waals surface area contributed by atoms with E-state index in [1.54, 1.807) is 18.4 Å². The van der Waals surface area contributed by atoms with Gasteiger partial charge in [0.15, 0.2) is 17.1 Å². The monoisotopic (exact) mass is 245 g/mol. The number of furan rings is 1. The first-order valence-electron chi connectivity index (χ1n) is 5.49. The van der Waals surface area contributed by atoms with Gasteiger partial charge in [-0.3, -0.25) is 0 Å². The van der Waals surface area contributed by atoms with Crippen LogP contribution in [0.25, 0.3) is 22.9 Å². The Morgan fingerprint density at radius 2 is 2.22 bits per heavy atom. The van der Waals surface area contributed by atoms with Crippen LogP contribution in [0.2, 0.25) is 0 Å². The molecular formula is C11H11N5O2. The summed E-state index contributed by atoms with van der Waals surface area (Å²) < 4.78 is 10.7. The van der Waals surface area contributed by atoms with E-state index in [4.69, 9.17) is 14.6 Å². The fourth-order valence-corrected chi connectivity index (χ4v) is 1.59. The van der Waals surface area contributed by atoms with Gasteiger partial charge >= 0.3 is 0 Å². The summed E-state index contributed by atoms with van der Waals surface area (Å²) in [5.41, 5.74) is 6.58. The number of rotatable bonds is 3. The topological polar surface area (TPSA) is 103 Å². The van der Waals surface area contributed by atoms with Crippen LogP contribution in [0, 0.1) is 0 Å². The molecule has 0 atom stereocenters. The first-order valence-corrected chi connectivity index (χ1v) is 5.49. The highest BCUT2D eigenvalue weighted by atomic mass is 16.4. The number of hydrogen-bond acceptors (Lipinski definition) is 7. The van der Waals surface area contributed by atoms with Crippen molar-refractivity contribution in [3.8, 4) is 11.7 Å². The molecule has 0 radical (unpaired) electrons. The number of fused-ring (bicyclic) bond motifs is 1.